The normalized spacial score (nSPS) is 15.1. The van der Waals surface area contributed by atoms with E-state index in [0.717, 1.165) is 34.9 Å². The maximum Gasteiger partial charge on any atom is 0.356 e. The standard InChI is InChI=1S/C19H21N3O2/c1-2-24-19(23)17-11-15-14-10-13(22-8-4-3-5-9-22)6-7-16(14)21-18(15)12-20-17/h6-7,10-12,21H,2-5,8-9H2,1H3. The predicted octanol–water partition coefficient (Wildman–Crippen LogP) is 3.88. The highest BCUT2D eigenvalue weighted by Gasteiger charge is 2.15. The number of ether oxygens (including phenoxy) is 1. The first-order chi connectivity index (χ1) is 11.8. The van der Waals surface area contributed by atoms with Gasteiger partial charge >= 0.3 is 5.97 Å². The molecule has 1 fully saturated rings. The molecule has 0 saturated carbocycles. The van der Waals surface area contributed by atoms with Gasteiger partial charge in [0.2, 0.25) is 0 Å². The van der Waals surface area contributed by atoms with E-state index in [1.54, 1.807) is 13.1 Å². The Morgan fingerprint density at radius 3 is 2.75 bits per heavy atom. The first-order valence-electron chi connectivity index (χ1n) is 8.60. The molecule has 1 N–H and O–H groups in total. The Labute approximate surface area is 140 Å². The van der Waals surface area contributed by atoms with Gasteiger partial charge in [0, 0.05) is 35.1 Å². The van der Waals surface area contributed by atoms with Crippen LogP contribution in [0.25, 0.3) is 21.8 Å². The van der Waals surface area contributed by atoms with Gasteiger partial charge in [-0.25, -0.2) is 9.78 Å². The van der Waals surface area contributed by atoms with Gasteiger partial charge in [-0.1, -0.05) is 0 Å². The van der Waals surface area contributed by atoms with Crippen molar-refractivity contribution < 1.29 is 9.53 Å². The number of benzene rings is 1. The summed E-state index contributed by atoms with van der Waals surface area (Å²) in [6.07, 6.45) is 5.54. The van der Waals surface area contributed by atoms with E-state index in [1.807, 2.05) is 6.07 Å². The molecule has 1 aliphatic heterocycles. The highest BCUT2D eigenvalue weighted by molar-refractivity contribution is 6.09. The molecule has 3 heterocycles. The number of hydrogen-bond donors (Lipinski definition) is 1. The molecule has 2 aromatic heterocycles. The Balaban J connectivity index is 1.80. The van der Waals surface area contributed by atoms with E-state index in [1.165, 1.54) is 24.9 Å². The molecule has 0 aliphatic carbocycles. The number of esters is 1. The highest BCUT2D eigenvalue weighted by atomic mass is 16.5. The first-order valence-corrected chi connectivity index (χ1v) is 8.60. The molecule has 1 saturated heterocycles. The number of carbonyl (C=O) groups is 1. The fourth-order valence-electron chi connectivity index (χ4n) is 3.45. The topological polar surface area (TPSA) is 58.2 Å². The van der Waals surface area contributed by atoms with Crippen LogP contribution in [0.15, 0.2) is 30.5 Å². The van der Waals surface area contributed by atoms with Crippen molar-refractivity contribution in [1.29, 1.82) is 0 Å². The minimum absolute atomic E-state index is 0.353. The Morgan fingerprint density at radius 1 is 1.17 bits per heavy atom. The van der Waals surface area contributed by atoms with Gasteiger partial charge in [-0.15, -0.1) is 0 Å². The van der Waals surface area contributed by atoms with Crippen LogP contribution in [-0.2, 0) is 4.74 Å². The summed E-state index contributed by atoms with van der Waals surface area (Å²) in [5, 5.41) is 2.14. The molecule has 0 spiro atoms. The van der Waals surface area contributed by atoms with Crippen LogP contribution in [0.5, 0.6) is 0 Å². The number of nitrogens with one attached hydrogen (secondary N) is 1. The maximum absolute atomic E-state index is 12.0. The van der Waals surface area contributed by atoms with Crippen molar-refractivity contribution in [1.82, 2.24) is 9.97 Å². The molecule has 1 aliphatic rings. The Bertz CT molecular complexity index is 894. The monoisotopic (exact) mass is 323 g/mol. The second kappa shape index (κ2) is 6.15. The second-order valence-corrected chi connectivity index (χ2v) is 6.24. The number of aromatic nitrogens is 2. The lowest BCUT2D eigenvalue weighted by atomic mass is 10.1. The fraction of sp³-hybridized carbons (Fsp3) is 0.368. The van der Waals surface area contributed by atoms with Crippen molar-refractivity contribution in [2.45, 2.75) is 26.2 Å². The minimum atomic E-state index is -0.374. The third kappa shape index (κ3) is 2.60. The third-order valence-corrected chi connectivity index (χ3v) is 4.67. The quantitative estimate of drug-likeness (QED) is 0.743. The lowest BCUT2D eigenvalue weighted by molar-refractivity contribution is 0.0520. The number of anilines is 1. The van der Waals surface area contributed by atoms with Crippen molar-refractivity contribution in [3.05, 3.63) is 36.2 Å². The number of piperidine rings is 1. The summed E-state index contributed by atoms with van der Waals surface area (Å²) in [7, 11) is 0. The van der Waals surface area contributed by atoms with Gasteiger partial charge < -0.3 is 14.6 Å². The van der Waals surface area contributed by atoms with Gasteiger partial charge in [0.15, 0.2) is 0 Å². The molecule has 0 bridgehead atoms. The van der Waals surface area contributed by atoms with Crippen LogP contribution >= 0.6 is 0 Å². The molecule has 5 heteroatoms. The molecule has 124 valence electrons. The number of pyridine rings is 1. The van der Waals surface area contributed by atoms with Crippen LogP contribution in [0.2, 0.25) is 0 Å². The van der Waals surface area contributed by atoms with Crippen molar-refractivity contribution in [2.24, 2.45) is 0 Å². The number of nitrogens with zero attached hydrogens (tertiary/aromatic N) is 2. The zero-order valence-electron chi connectivity index (χ0n) is 13.8. The van der Waals surface area contributed by atoms with Gasteiger partial charge in [-0.2, -0.15) is 0 Å². The second-order valence-electron chi connectivity index (χ2n) is 6.24. The Kier molecular flexibility index (Phi) is 3.84. The summed E-state index contributed by atoms with van der Waals surface area (Å²) in [6, 6.07) is 8.33. The van der Waals surface area contributed by atoms with Crippen molar-refractivity contribution in [2.75, 3.05) is 24.6 Å². The first kappa shape index (κ1) is 15.0. The number of H-pyrrole nitrogens is 1. The fourth-order valence-corrected chi connectivity index (χ4v) is 3.45. The SMILES string of the molecule is CCOC(=O)c1cc2c(cn1)[nH]c1ccc(N3CCCCC3)cc12. The number of rotatable bonds is 3. The molecule has 0 unspecified atom stereocenters. The molecule has 5 nitrogen and oxygen atoms in total. The van der Waals surface area contributed by atoms with Crippen LogP contribution in [0.3, 0.4) is 0 Å². The van der Waals surface area contributed by atoms with Gasteiger partial charge in [0.1, 0.15) is 5.69 Å². The number of carbonyl (C=O) groups excluding carboxylic acids is 1. The van der Waals surface area contributed by atoms with Gasteiger partial charge in [-0.3, -0.25) is 0 Å². The van der Waals surface area contributed by atoms with Crippen LogP contribution in [0.4, 0.5) is 5.69 Å². The summed E-state index contributed by atoms with van der Waals surface area (Å²) >= 11 is 0. The zero-order chi connectivity index (χ0) is 16.5. The lowest BCUT2D eigenvalue weighted by Gasteiger charge is -2.28. The van der Waals surface area contributed by atoms with Crippen molar-refractivity contribution >= 4 is 33.5 Å². The van der Waals surface area contributed by atoms with Gasteiger partial charge in [-0.05, 0) is 50.5 Å². The number of hydrogen-bond acceptors (Lipinski definition) is 4. The molecule has 3 aromatic rings. The van der Waals surface area contributed by atoms with Gasteiger partial charge in [0.05, 0.1) is 18.3 Å². The largest absolute Gasteiger partial charge is 0.461 e. The van der Waals surface area contributed by atoms with Crippen LogP contribution in [-0.4, -0.2) is 35.6 Å². The molecular formula is C19H21N3O2. The molecule has 4 rings (SSSR count). The van der Waals surface area contributed by atoms with Gasteiger partial charge in [0.25, 0.3) is 0 Å². The minimum Gasteiger partial charge on any atom is -0.461 e. The highest BCUT2D eigenvalue weighted by Crippen LogP contribution is 2.30. The van der Waals surface area contributed by atoms with Crippen molar-refractivity contribution in [3.8, 4) is 0 Å². The number of aromatic amines is 1. The van der Waals surface area contributed by atoms with E-state index < -0.39 is 0 Å². The summed E-state index contributed by atoms with van der Waals surface area (Å²) in [4.78, 5) is 22.0. The number of fused-ring (bicyclic) bond motifs is 3. The lowest BCUT2D eigenvalue weighted by Crippen LogP contribution is -2.29. The van der Waals surface area contributed by atoms with Crippen LogP contribution in [0, 0.1) is 0 Å². The Hall–Kier alpha value is -2.56. The van der Waals surface area contributed by atoms with E-state index >= 15 is 0 Å². The maximum atomic E-state index is 12.0. The molecule has 0 atom stereocenters. The van der Waals surface area contributed by atoms with E-state index in [4.69, 9.17) is 4.74 Å². The van der Waals surface area contributed by atoms with Crippen molar-refractivity contribution in [3.63, 3.8) is 0 Å². The van der Waals surface area contributed by atoms with E-state index in [-0.39, 0.29) is 5.97 Å². The molecule has 1 aromatic carbocycles. The van der Waals surface area contributed by atoms with E-state index in [2.05, 4.69) is 33.1 Å². The summed E-state index contributed by atoms with van der Waals surface area (Å²) in [5.41, 5.74) is 3.61. The van der Waals surface area contributed by atoms with E-state index in [0.29, 0.717) is 12.3 Å². The smallest absolute Gasteiger partial charge is 0.356 e. The summed E-state index contributed by atoms with van der Waals surface area (Å²) in [5.74, 6) is -0.374. The summed E-state index contributed by atoms with van der Waals surface area (Å²) < 4.78 is 5.06. The average Bonchev–Trinajstić information content (AvgIpc) is 2.99. The molecular weight excluding hydrogens is 302 g/mol. The Morgan fingerprint density at radius 2 is 1.96 bits per heavy atom. The predicted molar refractivity (Wildman–Crippen MR) is 95.6 cm³/mol. The third-order valence-electron chi connectivity index (χ3n) is 4.67. The van der Waals surface area contributed by atoms with E-state index in [9.17, 15) is 4.79 Å². The average molecular weight is 323 g/mol. The molecule has 24 heavy (non-hydrogen) atoms. The zero-order valence-corrected chi connectivity index (χ0v) is 13.8. The molecule has 0 radical (unpaired) electrons. The summed E-state index contributed by atoms with van der Waals surface area (Å²) in [6.45, 7) is 4.38. The molecule has 0 amide bonds. The van der Waals surface area contributed by atoms with Crippen LogP contribution < -0.4 is 4.90 Å². The van der Waals surface area contributed by atoms with Crippen LogP contribution in [0.1, 0.15) is 36.7 Å².